The second kappa shape index (κ2) is 8.07. The van der Waals surface area contributed by atoms with E-state index in [1.807, 2.05) is 38.1 Å². The Morgan fingerprint density at radius 1 is 1.24 bits per heavy atom. The minimum atomic E-state index is -5.72. The van der Waals surface area contributed by atoms with Crippen molar-refractivity contribution in [3.63, 3.8) is 0 Å². The first kappa shape index (κ1) is 21.8. The van der Waals surface area contributed by atoms with Gasteiger partial charge in [-0.05, 0) is 68.5 Å². The van der Waals surface area contributed by atoms with E-state index in [2.05, 4.69) is 9.08 Å². The monoisotopic (exact) mass is 447 g/mol. The highest BCUT2D eigenvalue weighted by atomic mass is 35.5. The lowest BCUT2D eigenvalue weighted by Gasteiger charge is -2.37. The number of alkyl halides is 3. The first-order valence-electron chi connectivity index (χ1n) is 9.20. The molecule has 0 aromatic heterocycles. The molecule has 0 fully saturated rings. The molecule has 158 valence electrons. The van der Waals surface area contributed by atoms with E-state index >= 15 is 0 Å². The van der Waals surface area contributed by atoms with E-state index in [4.69, 9.17) is 11.6 Å². The smallest absolute Gasteiger partial charge is 0.376 e. The van der Waals surface area contributed by atoms with E-state index in [1.165, 1.54) is 12.1 Å². The van der Waals surface area contributed by atoms with Crippen LogP contribution in [0, 0.1) is 6.92 Å². The van der Waals surface area contributed by atoms with Crippen molar-refractivity contribution < 1.29 is 25.8 Å². The van der Waals surface area contributed by atoms with Crippen molar-refractivity contribution in [3.05, 3.63) is 58.1 Å². The van der Waals surface area contributed by atoms with E-state index in [1.54, 1.807) is 0 Å². The Morgan fingerprint density at radius 2 is 1.97 bits per heavy atom. The van der Waals surface area contributed by atoms with Gasteiger partial charge in [0.05, 0.1) is 6.04 Å². The molecule has 0 amide bonds. The summed E-state index contributed by atoms with van der Waals surface area (Å²) in [4.78, 5) is 2.14. The molecular formula is C20H21ClF3NO3S. The van der Waals surface area contributed by atoms with Crippen LogP contribution in [0.5, 0.6) is 5.75 Å². The molecule has 2 aromatic carbocycles. The average molecular weight is 448 g/mol. The Kier molecular flexibility index (Phi) is 6.06. The summed E-state index contributed by atoms with van der Waals surface area (Å²) >= 11 is 6.13. The molecule has 1 atom stereocenters. The zero-order valence-corrected chi connectivity index (χ0v) is 17.5. The third-order valence-corrected chi connectivity index (χ3v) is 6.50. The van der Waals surface area contributed by atoms with Gasteiger partial charge >= 0.3 is 15.6 Å². The molecule has 0 saturated carbocycles. The van der Waals surface area contributed by atoms with Crippen molar-refractivity contribution in [1.82, 2.24) is 0 Å². The molecule has 0 saturated heterocycles. The number of fused-ring (bicyclic) bond motifs is 1. The average Bonchev–Trinajstić information content (AvgIpc) is 2.64. The Hall–Kier alpha value is -1.93. The number of benzene rings is 2. The van der Waals surface area contributed by atoms with Gasteiger partial charge in [0.15, 0.2) is 0 Å². The number of anilines is 1. The minimum absolute atomic E-state index is 0.110. The van der Waals surface area contributed by atoms with E-state index in [9.17, 15) is 21.6 Å². The van der Waals surface area contributed by atoms with Crippen LogP contribution < -0.4 is 9.08 Å². The minimum Gasteiger partial charge on any atom is -0.376 e. The molecule has 0 aliphatic heterocycles. The molecule has 0 bridgehead atoms. The number of hydrogen-bond acceptors (Lipinski definition) is 4. The molecule has 0 spiro atoms. The molecule has 0 heterocycles. The lowest BCUT2D eigenvalue weighted by atomic mass is 9.86. The molecule has 3 rings (SSSR count). The van der Waals surface area contributed by atoms with Crippen molar-refractivity contribution in [1.29, 1.82) is 0 Å². The van der Waals surface area contributed by atoms with E-state index < -0.39 is 15.6 Å². The van der Waals surface area contributed by atoms with E-state index in [-0.39, 0.29) is 11.8 Å². The molecule has 1 unspecified atom stereocenters. The highest BCUT2D eigenvalue weighted by molar-refractivity contribution is 7.88. The fraction of sp³-hybridized carbons (Fsp3) is 0.400. The molecule has 0 N–H and O–H groups in total. The largest absolute Gasteiger partial charge is 0.534 e. The second-order valence-electron chi connectivity index (χ2n) is 6.93. The summed E-state index contributed by atoms with van der Waals surface area (Å²) < 4.78 is 65.8. The van der Waals surface area contributed by atoms with Crippen molar-refractivity contribution in [2.75, 3.05) is 11.4 Å². The zero-order chi connectivity index (χ0) is 21.4. The molecule has 2 aromatic rings. The predicted molar refractivity (Wildman–Crippen MR) is 107 cm³/mol. The zero-order valence-electron chi connectivity index (χ0n) is 16.0. The van der Waals surface area contributed by atoms with Crippen molar-refractivity contribution in [2.45, 2.75) is 44.7 Å². The summed E-state index contributed by atoms with van der Waals surface area (Å²) in [6, 6.07) is 10.2. The van der Waals surface area contributed by atoms with Crippen molar-refractivity contribution in [2.24, 2.45) is 0 Å². The van der Waals surface area contributed by atoms with Gasteiger partial charge in [-0.1, -0.05) is 23.7 Å². The van der Waals surface area contributed by atoms with Crippen LogP contribution in [0.4, 0.5) is 18.9 Å². The lowest BCUT2D eigenvalue weighted by Crippen LogP contribution is -2.32. The van der Waals surface area contributed by atoms with Crippen LogP contribution in [-0.2, 0) is 16.5 Å². The van der Waals surface area contributed by atoms with Crippen LogP contribution in [0.1, 0.15) is 42.5 Å². The molecule has 1 aliphatic carbocycles. The van der Waals surface area contributed by atoms with E-state index in [0.29, 0.717) is 30.0 Å². The van der Waals surface area contributed by atoms with Gasteiger partial charge in [0.2, 0.25) is 0 Å². The summed E-state index contributed by atoms with van der Waals surface area (Å²) in [6.07, 6.45) is 1.94. The van der Waals surface area contributed by atoms with Gasteiger partial charge in [0.1, 0.15) is 5.75 Å². The maximum absolute atomic E-state index is 12.8. The van der Waals surface area contributed by atoms with Crippen LogP contribution in [0.2, 0.25) is 5.02 Å². The molecular weight excluding hydrogens is 427 g/mol. The van der Waals surface area contributed by atoms with Gasteiger partial charge in [-0.2, -0.15) is 21.6 Å². The van der Waals surface area contributed by atoms with Gasteiger partial charge < -0.3 is 9.08 Å². The Bertz CT molecular complexity index is 1010. The maximum Gasteiger partial charge on any atom is 0.534 e. The number of rotatable bonds is 5. The Labute approximate surface area is 173 Å². The quantitative estimate of drug-likeness (QED) is 0.430. The summed E-state index contributed by atoms with van der Waals surface area (Å²) in [7, 11) is -5.72. The summed E-state index contributed by atoms with van der Waals surface area (Å²) in [5, 5.41) is 0.655. The first-order valence-corrected chi connectivity index (χ1v) is 11.0. The standard InChI is InChI=1S/C20H21ClF3NO3S/c1-3-25(14-10-11-17(21)13(2)12-14)18-8-4-7-16-15(18)6-5-9-19(16)28-29(26,27)20(22,23)24/h5-6,9-12,18H,3-4,7-8H2,1-2H3. The number of aryl methyl sites for hydroxylation is 1. The number of nitrogens with zero attached hydrogens (tertiary/aromatic N) is 1. The summed E-state index contributed by atoms with van der Waals surface area (Å²) in [6.45, 7) is 4.56. The van der Waals surface area contributed by atoms with Crippen LogP contribution in [0.25, 0.3) is 0 Å². The molecule has 1 aliphatic rings. The highest BCUT2D eigenvalue weighted by Gasteiger charge is 2.49. The molecule has 29 heavy (non-hydrogen) atoms. The third-order valence-electron chi connectivity index (χ3n) is 5.11. The fourth-order valence-corrected chi connectivity index (χ4v) is 4.35. The van der Waals surface area contributed by atoms with E-state index in [0.717, 1.165) is 23.2 Å². The Morgan fingerprint density at radius 3 is 2.59 bits per heavy atom. The Balaban J connectivity index is 2.01. The van der Waals surface area contributed by atoms with Crippen LogP contribution in [0.15, 0.2) is 36.4 Å². The molecule has 4 nitrogen and oxygen atoms in total. The lowest BCUT2D eigenvalue weighted by molar-refractivity contribution is -0.0500. The highest BCUT2D eigenvalue weighted by Crippen LogP contribution is 2.42. The van der Waals surface area contributed by atoms with Gasteiger partial charge in [-0.15, -0.1) is 0 Å². The van der Waals surface area contributed by atoms with Crippen LogP contribution in [-0.4, -0.2) is 20.5 Å². The molecule has 0 radical (unpaired) electrons. The number of halogens is 4. The maximum atomic E-state index is 12.8. The first-order chi connectivity index (χ1) is 13.5. The van der Waals surface area contributed by atoms with Gasteiger partial charge in [0.25, 0.3) is 0 Å². The predicted octanol–water partition coefficient (Wildman–Crippen LogP) is 5.78. The van der Waals surface area contributed by atoms with Crippen LogP contribution in [0.3, 0.4) is 0 Å². The molecule has 9 heteroatoms. The summed E-state index contributed by atoms with van der Waals surface area (Å²) in [5.74, 6) is -0.257. The van der Waals surface area contributed by atoms with Crippen molar-refractivity contribution >= 4 is 27.4 Å². The second-order valence-corrected chi connectivity index (χ2v) is 8.88. The third kappa shape index (κ3) is 4.33. The van der Waals surface area contributed by atoms with Crippen molar-refractivity contribution in [3.8, 4) is 5.75 Å². The SMILES string of the molecule is CCN(c1ccc(Cl)c(C)c1)C1CCCc2c(OS(=O)(=O)C(F)(F)F)cccc21. The van der Waals surface area contributed by atoms with Gasteiger partial charge in [0, 0.05) is 22.8 Å². The van der Waals surface area contributed by atoms with Gasteiger partial charge in [-0.25, -0.2) is 0 Å². The topological polar surface area (TPSA) is 46.6 Å². The normalized spacial score (nSPS) is 17.0. The van der Waals surface area contributed by atoms with Crippen LogP contribution >= 0.6 is 11.6 Å². The fourth-order valence-electron chi connectivity index (χ4n) is 3.75. The number of hydrogen-bond donors (Lipinski definition) is 0. The van der Waals surface area contributed by atoms with Gasteiger partial charge in [-0.3, -0.25) is 0 Å². The summed E-state index contributed by atoms with van der Waals surface area (Å²) in [5.41, 5.74) is -2.32.